The van der Waals surface area contributed by atoms with E-state index in [0.717, 1.165) is 17.5 Å². The van der Waals surface area contributed by atoms with E-state index in [2.05, 4.69) is 20.8 Å². The van der Waals surface area contributed by atoms with Gasteiger partial charge in [0.15, 0.2) is 0 Å². The fourth-order valence-electron chi connectivity index (χ4n) is 1.31. The van der Waals surface area contributed by atoms with Gasteiger partial charge in [-0.1, -0.05) is 19.9 Å². The van der Waals surface area contributed by atoms with E-state index in [0.29, 0.717) is 5.92 Å². The molecule has 0 nitrogen and oxygen atoms in total. The van der Waals surface area contributed by atoms with Gasteiger partial charge in [0.1, 0.15) is 5.82 Å². The molecular weight excluding hydrogens is 151 g/mol. The smallest absolute Gasteiger partial charge is 0.123 e. The van der Waals surface area contributed by atoms with Crippen LogP contribution in [0.2, 0.25) is 0 Å². The van der Waals surface area contributed by atoms with Crippen molar-refractivity contribution in [1.82, 2.24) is 0 Å². The van der Waals surface area contributed by atoms with E-state index < -0.39 is 0 Å². The fraction of sp³-hybridized carbons (Fsp3) is 0.364. The van der Waals surface area contributed by atoms with Crippen molar-refractivity contribution < 1.29 is 4.39 Å². The Morgan fingerprint density at radius 1 is 1.33 bits per heavy atom. The molecule has 0 bridgehead atoms. The quantitative estimate of drug-likeness (QED) is 0.631. The highest BCUT2D eigenvalue weighted by molar-refractivity contribution is 5.26. The third-order valence-corrected chi connectivity index (χ3v) is 1.66. The second-order valence-corrected chi connectivity index (χ2v) is 3.57. The summed E-state index contributed by atoms with van der Waals surface area (Å²) in [5, 5.41) is 0. The van der Waals surface area contributed by atoms with Gasteiger partial charge in [0, 0.05) is 0 Å². The molecule has 1 aromatic carbocycles. The Morgan fingerprint density at radius 3 is 2.50 bits per heavy atom. The number of halogens is 1. The SMILES string of the molecule is [CH2]c1cc(F)cc(CC(C)C)c1. The van der Waals surface area contributed by atoms with Crippen LogP contribution in [0.3, 0.4) is 0 Å². The van der Waals surface area contributed by atoms with Crippen LogP contribution in [0.1, 0.15) is 25.0 Å². The van der Waals surface area contributed by atoms with Crippen molar-refractivity contribution in [2.75, 3.05) is 0 Å². The van der Waals surface area contributed by atoms with Gasteiger partial charge in [0.25, 0.3) is 0 Å². The van der Waals surface area contributed by atoms with E-state index in [-0.39, 0.29) is 5.82 Å². The minimum atomic E-state index is -0.182. The molecule has 0 atom stereocenters. The molecule has 0 aromatic heterocycles. The lowest BCUT2D eigenvalue weighted by atomic mass is 10.0. The first-order valence-corrected chi connectivity index (χ1v) is 4.19. The minimum Gasteiger partial charge on any atom is -0.207 e. The molecule has 0 N–H and O–H groups in total. The Labute approximate surface area is 73.4 Å². The van der Waals surface area contributed by atoms with Crippen LogP contribution in [0.15, 0.2) is 18.2 Å². The zero-order valence-electron chi connectivity index (χ0n) is 7.60. The average Bonchev–Trinajstić information content (AvgIpc) is 1.81. The molecular formula is C11H14F. The Hall–Kier alpha value is -0.850. The number of hydrogen-bond donors (Lipinski definition) is 0. The van der Waals surface area contributed by atoms with E-state index >= 15 is 0 Å². The van der Waals surface area contributed by atoms with Crippen LogP contribution in [-0.2, 0) is 6.42 Å². The van der Waals surface area contributed by atoms with Crippen molar-refractivity contribution in [3.8, 4) is 0 Å². The van der Waals surface area contributed by atoms with Crippen molar-refractivity contribution >= 4 is 0 Å². The summed E-state index contributed by atoms with van der Waals surface area (Å²) in [5.74, 6) is 0.379. The van der Waals surface area contributed by atoms with E-state index in [1.807, 2.05) is 6.07 Å². The van der Waals surface area contributed by atoms with Crippen LogP contribution in [0.5, 0.6) is 0 Å². The van der Waals surface area contributed by atoms with Crippen LogP contribution in [0.4, 0.5) is 4.39 Å². The first kappa shape index (κ1) is 9.24. The largest absolute Gasteiger partial charge is 0.207 e. The molecule has 0 amide bonds. The Balaban J connectivity index is 2.85. The Bertz CT molecular complexity index is 243. The Kier molecular flexibility index (Phi) is 2.85. The highest BCUT2D eigenvalue weighted by Gasteiger charge is 2.00. The standard InChI is InChI=1S/C11H14F/c1-8(2)4-10-5-9(3)6-11(12)7-10/h5-8H,3-4H2,1-2H3. The van der Waals surface area contributed by atoms with Crippen molar-refractivity contribution in [1.29, 1.82) is 0 Å². The van der Waals surface area contributed by atoms with Crippen molar-refractivity contribution in [3.63, 3.8) is 0 Å². The van der Waals surface area contributed by atoms with E-state index in [4.69, 9.17) is 0 Å². The predicted molar refractivity (Wildman–Crippen MR) is 49.4 cm³/mol. The topological polar surface area (TPSA) is 0 Å². The molecule has 65 valence electrons. The summed E-state index contributed by atoms with van der Waals surface area (Å²) >= 11 is 0. The lowest BCUT2D eigenvalue weighted by Crippen LogP contribution is -1.95. The van der Waals surface area contributed by atoms with E-state index in [1.54, 1.807) is 6.07 Å². The molecule has 0 spiro atoms. The van der Waals surface area contributed by atoms with Crippen molar-refractivity contribution in [2.45, 2.75) is 20.3 Å². The molecule has 0 unspecified atom stereocenters. The third-order valence-electron chi connectivity index (χ3n) is 1.66. The Morgan fingerprint density at radius 2 is 2.00 bits per heavy atom. The molecule has 0 aliphatic rings. The summed E-state index contributed by atoms with van der Waals surface area (Å²) < 4.78 is 12.8. The van der Waals surface area contributed by atoms with Gasteiger partial charge < -0.3 is 0 Å². The molecule has 1 radical (unpaired) electrons. The molecule has 0 fully saturated rings. The number of rotatable bonds is 2. The second kappa shape index (κ2) is 3.70. The van der Waals surface area contributed by atoms with E-state index in [9.17, 15) is 4.39 Å². The molecule has 12 heavy (non-hydrogen) atoms. The first-order valence-electron chi connectivity index (χ1n) is 4.19. The molecule has 0 saturated heterocycles. The normalized spacial score (nSPS) is 10.8. The van der Waals surface area contributed by atoms with Gasteiger partial charge in [0.05, 0.1) is 0 Å². The van der Waals surface area contributed by atoms with Crippen LogP contribution < -0.4 is 0 Å². The third kappa shape index (κ3) is 2.65. The van der Waals surface area contributed by atoms with Gasteiger partial charge in [-0.25, -0.2) is 4.39 Å². The molecule has 0 saturated carbocycles. The average molecular weight is 165 g/mol. The van der Waals surface area contributed by atoms with Crippen molar-refractivity contribution in [3.05, 3.63) is 42.1 Å². The van der Waals surface area contributed by atoms with Crippen molar-refractivity contribution in [2.24, 2.45) is 5.92 Å². The van der Waals surface area contributed by atoms with E-state index in [1.165, 1.54) is 6.07 Å². The highest BCUT2D eigenvalue weighted by Crippen LogP contribution is 2.12. The molecule has 1 aromatic rings. The summed E-state index contributed by atoms with van der Waals surface area (Å²) in [6.07, 6.45) is 0.917. The summed E-state index contributed by atoms with van der Waals surface area (Å²) in [6.45, 7) is 7.95. The van der Waals surface area contributed by atoms with Crippen LogP contribution >= 0.6 is 0 Å². The maximum atomic E-state index is 12.8. The highest BCUT2D eigenvalue weighted by atomic mass is 19.1. The molecule has 0 aliphatic carbocycles. The molecule has 0 aliphatic heterocycles. The van der Waals surface area contributed by atoms with Gasteiger partial charge in [-0.15, -0.1) is 0 Å². The molecule has 1 heteroatoms. The van der Waals surface area contributed by atoms with Crippen LogP contribution in [0, 0.1) is 18.7 Å². The fourth-order valence-corrected chi connectivity index (χ4v) is 1.31. The van der Waals surface area contributed by atoms with Crippen LogP contribution in [0.25, 0.3) is 0 Å². The second-order valence-electron chi connectivity index (χ2n) is 3.57. The summed E-state index contributed by atoms with van der Waals surface area (Å²) in [5.41, 5.74) is 1.79. The molecule has 1 rings (SSSR count). The van der Waals surface area contributed by atoms with Gasteiger partial charge in [0.2, 0.25) is 0 Å². The van der Waals surface area contributed by atoms with Crippen LogP contribution in [-0.4, -0.2) is 0 Å². The first-order chi connectivity index (χ1) is 5.58. The van der Waals surface area contributed by atoms with Gasteiger partial charge in [-0.05, 0) is 42.5 Å². The summed E-state index contributed by atoms with van der Waals surface area (Å²) in [4.78, 5) is 0. The molecule has 0 heterocycles. The minimum absolute atomic E-state index is 0.182. The van der Waals surface area contributed by atoms with Gasteiger partial charge in [-0.3, -0.25) is 0 Å². The number of benzene rings is 1. The predicted octanol–water partition coefficient (Wildman–Crippen LogP) is 3.21. The lowest BCUT2D eigenvalue weighted by molar-refractivity contribution is 0.612. The monoisotopic (exact) mass is 165 g/mol. The maximum Gasteiger partial charge on any atom is 0.123 e. The lowest BCUT2D eigenvalue weighted by Gasteiger charge is -2.05. The van der Waals surface area contributed by atoms with Gasteiger partial charge >= 0.3 is 0 Å². The zero-order chi connectivity index (χ0) is 9.14. The maximum absolute atomic E-state index is 12.8. The number of hydrogen-bond acceptors (Lipinski definition) is 0. The summed E-state index contributed by atoms with van der Waals surface area (Å²) in [7, 11) is 0. The zero-order valence-corrected chi connectivity index (χ0v) is 7.60. The summed E-state index contributed by atoms with van der Waals surface area (Å²) in [6, 6.07) is 4.96. The van der Waals surface area contributed by atoms with Gasteiger partial charge in [-0.2, -0.15) is 0 Å².